The molecule has 0 radical (unpaired) electrons. The van der Waals surface area contributed by atoms with Crippen LogP contribution in [0.4, 0.5) is 0 Å². The van der Waals surface area contributed by atoms with Gasteiger partial charge in [-0.1, -0.05) is 23.3 Å². The second-order valence-corrected chi connectivity index (χ2v) is 5.29. The van der Waals surface area contributed by atoms with Crippen LogP contribution < -0.4 is 0 Å². The fraction of sp³-hybridized carbons (Fsp3) is 0.111. The van der Waals surface area contributed by atoms with Crippen molar-refractivity contribution < 1.29 is 0 Å². The Balaban J connectivity index is 1.96. The quantitative estimate of drug-likeness (QED) is 0.695. The summed E-state index contributed by atoms with van der Waals surface area (Å²) in [5, 5.41) is 13.7. The van der Waals surface area contributed by atoms with Gasteiger partial charge in [0.25, 0.3) is 0 Å². The molecule has 0 N–H and O–H groups in total. The third-order valence-electron chi connectivity index (χ3n) is 3.31. The summed E-state index contributed by atoms with van der Waals surface area (Å²) in [5.74, 6) is 0.631. The van der Waals surface area contributed by atoms with E-state index in [1.807, 2.05) is 38.1 Å². The van der Waals surface area contributed by atoms with E-state index >= 15 is 0 Å². The lowest BCUT2D eigenvalue weighted by Crippen LogP contribution is -1.92. The van der Waals surface area contributed by atoms with Crippen molar-refractivity contribution in [1.82, 2.24) is 19.7 Å². The Morgan fingerprint density at radius 1 is 1.13 bits per heavy atom. The molecule has 23 heavy (non-hydrogen) atoms. The fourth-order valence-electron chi connectivity index (χ4n) is 2.38. The number of nitriles is 1. The Hall–Kier alpha value is -3.26. The van der Waals surface area contributed by atoms with Gasteiger partial charge in [-0.3, -0.25) is 4.98 Å². The van der Waals surface area contributed by atoms with Gasteiger partial charge in [0.15, 0.2) is 5.82 Å². The summed E-state index contributed by atoms with van der Waals surface area (Å²) in [7, 11) is 0. The first kappa shape index (κ1) is 14.7. The summed E-state index contributed by atoms with van der Waals surface area (Å²) in [6, 6.07) is 13.8. The number of hydrogen-bond donors (Lipinski definition) is 0. The van der Waals surface area contributed by atoms with E-state index in [-0.39, 0.29) is 0 Å². The molecule has 0 bridgehead atoms. The summed E-state index contributed by atoms with van der Waals surface area (Å²) in [5.41, 5.74) is 4.34. The monoisotopic (exact) mass is 301 g/mol. The standard InChI is InChI=1S/C18H15N5/c1-13-7-14(2)9-15(8-13)18-21-12-23(22-18)11-16(10-19)17-5-3-4-6-20-17/h3-9,11-12H,1-2H3/b16-11-. The van der Waals surface area contributed by atoms with Gasteiger partial charge in [-0.25, -0.2) is 9.67 Å². The Labute approximate surface area is 134 Å². The van der Waals surface area contributed by atoms with Crippen LogP contribution in [0, 0.1) is 25.2 Å². The van der Waals surface area contributed by atoms with Gasteiger partial charge in [0.2, 0.25) is 0 Å². The summed E-state index contributed by atoms with van der Waals surface area (Å²) in [6.07, 6.45) is 4.87. The molecule has 0 fully saturated rings. The molecular weight excluding hydrogens is 286 g/mol. The molecule has 0 atom stereocenters. The van der Waals surface area contributed by atoms with E-state index in [1.165, 1.54) is 0 Å². The van der Waals surface area contributed by atoms with Gasteiger partial charge < -0.3 is 0 Å². The van der Waals surface area contributed by atoms with Gasteiger partial charge in [-0.2, -0.15) is 5.26 Å². The molecule has 2 aromatic heterocycles. The van der Waals surface area contributed by atoms with Crippen molar-refractivity contribution in [1.29, 1.82) is 5.26 Å². The molecule has 3 aromatic rings. The highest BCUT2D eigenvalue weighted by molar-refractivity contribution is 5.83. The number of rotatable bonds is 3. The summed E-state index contributed by atoms with van der Waals surface area (Å²) in [6.45, 7) is 4.09. The molecule has 0 aliphatic heterocycles. The molecule has 0 unspecified atom stereocenters. The number of pyridine rings is 1. The zero-order chi connectivity index (χ0) is 16.2. The Morgan fingerprint density at radius 2 is 1.91 bits per heavy atom. The maximum absolute atomic E-state index is 9.32. The normalized spacial score (nSPS) is 11.3. The number of hydrogen-bond acceptors (Lipinski definition) is 4. The molecule has 2 heterocycles. The molecule has 0 saturated heterocycles. The first-order valence-corrected chi connectivity index (χ1v) is 7.19. The molecule has 3 rings (SSSR count). The first-order chi connectivity index (χ1) is 11.2. The molecule has 0 saturated carbocycles. The highest BCUT2D eigenvalue weighted by Crippen LogP contribution is 2.19. The molecule has 0 aliphatic carbocycles. The molecule has 112 valence electrons. The molecular formula is C18H15N5. The SMILES string of the molecule is Cc1cc(C)cc(-c2ncn(/C=C(/C#N)c3ccccn3)n2)c1. The average Bonchev–Trinajstić information content (AvgIpc) is 3.01. The zero-order valence-electron chi connectivity index (χ0n) is 12.9. The third-order valence-corrected chi connectivity index (χ3v) is 3.31. The minimum absolute atomic E-state index is 0.433. The van der Waals surface area contributed by atoms with Crippen LogP contribution in [-0.2, 0) is 0 Å². The maximum Gasteiger partial charge on any atom is 0.181 e. The second-order valence-electron chi connectivity index (χ2n) is 5.29. The van der Waals surface area contributed by atoms with E-state index in [0.29, 0.717) is 17.1 Å². The predicted molar refractivity (Wildman–Crippen MR) is 88.9 cm³/mol. The molecule has 0 amide bonds. The summed E-state index contributed by atoms with van der Waals surface area (Å²) < 4.78 is 1.54. The Kier molecular flexibility index (Phi) is 3.98. The highest BCUT2D eigenvalue weighted by atomic mass is 15.3. The largest absolute Gasteiger partial charge is 0.255 e. The lowest BCUT2D eigenvalue weighted by molar-refractivity contribution is 0.938. The first-order valence-electron chi connectivity index (χ1n) is 7.19. The molecule has 1 aromatic carbocycles. The van der Waals surface area contributed by atoms with Crippen LogP contribution in [0.5, 0.6) is 0 Å². The van der Waals surface area contributed by atoms with Gasteiger partial charge in [0.1, 0.15) is 12.4 Å². The average molecular weight is 301 g/mol. The minimum atomic E-state index is 0.433. The predicted octanol–water partition coefficient (Wildman–Crippen LogP) is 3.48. The zero-order valence-corrected chi connectivity index (χ0v) is 12.9. The van der Waals surface area contributed by atoms with E-state index in [9.17, 15) is 5.26 Å². The van der Waals surface area contributed by atoms with Crippen molar-refractivity contribution in [3.63, 3.8) is 0 Å². The number of nitrogens with zero attached hydrogens (tertiary/aromatic N) is 5. The van der Waals surface area contributed by atoms with E-state index in [1.54, 1.807) is 29.5 Å². The van der Waals surface area contributed by atoms with Crippen molar-refractivity contribution in [3.8, 4) is 17.5 Å². The van der Waals surface area contributed by atoms with Gasteiger partial charge in [-0.05, 0) is 38.1 Å². The van der Waals surface area contributed by atoms with E-state index < -0.39 is 0 Å². The summed E-state index contributed by atoms with van der Waals surface area (Å²) in [4.78, 5) is 8.51. The molecule has 5 nitrogen and oxygen atoms in total. The lowest BCUT2D eigenvalue weighted by atomic mass is 10.1. The van der Waals surface area contributed by atoms with E-state index in [2.05, 4.69) is 27.2 Å². The molecule has 0 aliphatic rings. The van der Waals surface area contributed by atoms with Crippen LogP contribution >= 0.6 is 0 Å². The van der Waals surface area contributed by atoms with Crippen molar-refractivity contribution >= 4 is 11.8 Å². The Bertz CT molecular complexity index is 880. The van der Waals surface area contributed by atoms with Crippen LogP contribution in [0.3, 0.4) is 0 Å². The van der Waals surface area contributed by atoms with Crippen LogP contribution in [0.1, 0.15) is 16.8 Å². The Morgan fingerprint density at radius 3 is 2.57 bits per heavy atom. The van der Waals surface area contributed by atoms with Gasteiger partial charge in [0, 0.05) is 11.8 Å². The van der Waals surface area contributed by atoms with Crippen molar-refractivity contribution in [2.45, 2.75) is 13.8 Å². The third kappa shape index (κ3) is 3.33. The van der Waals surface area contributed by atoms with Crippen LogP contribution in [0.2, 0.25) is 0 Å². The lowest BCUT2D eigenvalue weighted by Gasteiger charge is -2.00. The minimum Gasteiger partial charge on any atom is -0.255 e. The van der Waals surface area contributed by atoms with Gasteiger partial charge in [-0.15, -0.1) is 5.10 Å². The topological polar surface area (TPSA) is 67.4 Å². The van der Waals surface area contributed by atoms with Gasteiger partial charge >= 0.3 is 0 Å². The van der Waals surface area contributed by atoms with Crippen LogP contribution in [-0.4, -0.2) is 19.7 Å². The number of aromatic nitrogens is 4. The summed E-state index contributed by atoms with van der Waals surface area (Å²) >= 11 is 0. The van der Waals surface area contributed by atoms with E-state index in [0.717, 1.165) is 16.7 Å². The number of aryl methyl sites for hydroxylation is 2. The second kappa shape index (κ2) is 6.24. The van der Waals surface area contributed by atoms with Gasteiger partial charge in [0.05, 0.1) is 17.5 Å². The molecule has 0 spiro atoms. The van der Waals surface area contributed by atoms with Crippen LogP contribution in [0.25, 0.3) is 23.2 Å². The number of allylic oxidation sites excluding steroid dienone is 1. The highest BCUT2D eigenvalue weighted by Gasteiger charge is 2.07. The van der Waals surface area contributed by atoms with E-state index in [4.69, 9.17) is 0 Å². The van der Waals surface area contributed by atoms with Crippen molar-refractivity contribution in [2.24, 2.45) is 0 Å². The fourth-order valence-corrected chi connectivity index (χ4v) is 2.38. The maximum atomic E-state index is 9.32. The number of benzene rings is 1. The smallest absolute Gasteiger partial charge is 0.181 e. The van der Waals surface area contributed by atoms with Crippen LogP contribution in [0.15, 0.2) is 48.9 Å². The van der Waals surface area contributed by atoms with Crippen molar-refractivity contribution in [2.75, 3.05) is 0 Å². The van der Waals surface area contributed by atoms with Crippen molar-refractivity contribution in [3.05, 3.63) is 65.7 Å². The molecule has 5 heteroatoms.